The van der Waals surface area contributed by atoms with Gasteiger partial charge < -0.3 is 10.6 Å². The molecular weight excluding hydrogens is 320 g/mol. The van der Waals surface area contributed by atoms with Gasteiger partial charge in [-0.15, -0.1) is 0 Å². The minimum Gasteiger partial charge on any atom is -0.398 e. The molecule has 0 unspecified atom stereocenters. The third kappa shape index (κ3) is 3.88. The third-order valence-electron chi connectivity index (χ3n) is 5.25. The minimum atomic E-state index is 0.180. The maximum Gasteiger partial charge on any atom is 0.227 e. The van der Waals surface area contributed by atoms with Crippen LogP contribution in [0.4, 0.5) is 5.69 Å². The molecule has 1 heterocycles. The van der Waals surface area contributed by atoms with Crippen LogP contribution in [0.1, 0.15) is 41.0 Å². The summed E-state index contributed by atoms with van der Waals surface area (Å²) >= 11 is 0. The van der Waals surface area contributed by atoms with Crippen molar-refractivity contribution in [2.45, 2.75) is 25.2 Å². The first-order valence-corrected chi connectivity index (χ1v) is 9.12. The normalized spacial score (nSPS) is 14.8. The van der Waals surface area contributed by atoms with Crippen LogP contribution in [0.25, 0.3) is 12.2 Å². The fourth-order valence-electron chi connectivity index (χ4n) is 3.69. The number of para-hydroxylation sites is 1. The van der Waals surface area contributed by atoms with Crippen LogP contribution < -0.4 is 5.73 Å². The first-order valence-electron chi connectivity index (χ1n) is 9.12. The molecule has 1 amide bonds. The van der Waals surface area contributed by atoms with Crippen molar-refractivity contribution in [3.63, 3.8) is 0 Å². The lowest BCUT2D eigenvalue weighted by atomic mass is 9.88. The maximum absolute atomic E-state index is 12.7. The van der Waals surface area contributed by atoms with E-state index in [2.05, 4.69) is 19.2 Å². The molecule has 0 spiro atoms. The molecule has 0 saturated carbocycles. The van der Waals surface area contributed by atoms with Gasteiger partial charge in [0.15, 0.2) is 0 Å². The summed E-state index contributed by atoms with van der Waals surface area (Å²) in [5, 5.41) is 0. The zero-order chi connectivity index (χ0) is 18.5. The number of carbonyl (C=O) groups excluding carboxylic acids is 1. The van der Waals surface area contributed by atoms with Crippen LogP contribution >= 0.6 is 0 Å². The van der Waals surface area contributed by atoms with Crippen LogP contribution in [0.3, 0.4) is 0 Å². The number of likely N-dealkylation sites (tertiary alicyclic amines) is 1. The molecule has 1 fully saturated rings. The highest BCUT2D eigenvalue weighted by Crippen LogP contribution is 2.31. The summed E-state index contributed by atoms with van der Waals surface area (Å²) in [7, 11) is 0. The molecule has 3 nitrogen and oxygen atoms in total. The number of piperidine rings is 1. The molecule has 2 aromatic carbocycles. The Morgan fingerprint density at radius 3 is 2.50 bits per heavy atom. The van der Waals surface area contributed by atoms with Crippen molar-refractivity contribution >= 4 is 23.7 Å². The van der Waals surface area contributed by atoms with Crippen molar-refractivity contribution in [3.8, 4) is 0 Å². The topological polar surface area (TPSA) is 46.3 Å². The van der Waals surface area contributed by atoms with Gasteiger partial charge in [-0.05, 0) is 53.1 Å². The average molecular weight is 346 g/mol. The molecule has 0 radical (unpaired) electrons. The highest BCUT2D eigenvalue weighted by molar-refractivity contribution is 5.80. The van der Waals surface area contributed by atoms with E-state index in [1.807, 2.05) is 41.3 Å². The Labute approximate surface area is 155 Å². The Balaban J connectivity index is 1.63. The predicted molar refractivity (Wildman–Crippen MR) is 110 cm³/mol. The molecule has 0 atom stereocenters. The summed E-state index contributed by atoms with van der Waals surface area (Å²) in [5.74, 6) is 0.620. The average Bonchev–Trinajstić information content (AvgIpc) is 2.68. The van der Waals surface area contributed by atoms with Crippen molar-refractivity contribution in [1.82, 2.24) is 4.90 Å². The number of hydrogen-bond acceptors (Lipinski definition) is 2. The lowest BCUT2D eigenvalue weighted by molar-refractivity contribution is -0.131. The molecule has 1 aliphatic rings. The zero-order valence-electron chi connectivity index (χ0n) is 15.2. The number of nitrogens with two attached hydrogens (primary N) is 1. The predicted octanol–water partition coefficient (Wildman–Crippen LogP) is 4.50. The lowest BCUT2D eigenvalue weighted by Gasteiger charge is -2.33. The molecular formula is C23H26N2O. The van der Waals surface area contributed by atoms with Gasteiger partial charge in [0.05, 0.1) is 6.42 Å². The third-order valence-corrected chi connectivity index (χ3v) is 5.25. The van der Waals surface area contributed by atoms with E-state index in [4.69, 9.17) is 5.73 Å². The smallest absolute Gasteiger partial charge is 0.227 e. The number of nitrogen functional groups attached to an aromatic ring is 1. The number of carbonyl (C=O) groups is 1. The van der Waals surface area contributed by atoms with Crippen LogP contribution in [-0.4, -0.2) is 23.9 Å². The molecule has 0 aromatic heterocycles. The summed E-state index contributed by atoms with van der Waals surface area (Å²) < 4.78 is 0. The van der Waals surface area contributed by atoms with Crippen LogP contribution in [0.5, 0.6) is 0 Å². The molecule has 1 saturated heterocycles. The quantitative estimate of drug-likeness (QED) is 0.810. The van der Waals surface area contributed by atoms with Crippen molar-refractivity contribution < 1.29 is 4.79 Å². The first-order chi connectivity index (χ1) is 12.6. The van der Waals surface area contributed by atoms with Crippen molar-refractivity contribution in [2.24, 2.45) is 0 Å². The second-order valence-corrected chi connectivity index (χ2v) is 6.83. The molecule has 3 heteroatoms. The van der Waals surface area contributed by atoms with E-state index in [9.17, 15) is 4.79 Å². The monoisotopic (exact) mass is 346 g/mol. The number of hydrogen-bond donors (Lipinski definition) is 1. The number of anilines is 1. The molecule has 2 N–H and O–H groups in total. The summed E-state index contributed by atoms with van der Waals surface area (Å²) in [6.45, 7) is 9.23. The highest BCUT2D eigenvalue weighted by atomic mass is 16.2. The summed E-state index contributed by atoms with van der Waals surface area (Å²) in [5.41, 5.74) is 11.2. The molecule has 0 bridgehead atoms. The van der Waals surface area contributed by atoms with Gasteiger partial charge in [-0.1, -0.05) is 55.6 Å². The molecule has 1 aliphatic heterocycles. The van der Waals surface area contributed by atoms with E-state index in [1.54, 1.807) is 12.2 Å². The van der Waals surface area contributed by atoms with E-state index in [1.165, 1.54) is 5.56 Å². The molecule has 2 aromatic rings. The van der Waals surface area contributed by atoms with Gasteiger partial charge >= 0.3 is 0 Å². The largest absolute Gasteiger partial charge is 0.398 e. The lowest BCUT2D eigenvalue weighted by Crippen LogP contribution is -2.39. The van der Waals surface area contributed by atoms with Crippen molar-refractivity contribution in [1.29, 1.82) is 0 Å². The van der Waals surface area contributed by atoms with Gasteiger partial charge in [0.2, 0.25) is 5.91 Å². The Hall–Kier alpha value is -2.81. The van der Waals surface area contributed by atoms with Gasteiger partial charge in [0, 0.05) is 18.8 Å². The second-order valence-electron chi connectivity index (χ2n) is 6.83. The van der Waals surface area contributed by atoms with Crippen LogP contribution in [-0.2, 0) is 11.2 Å². The van der Waals surface area contributed by atoms with Gasteiger partial charge in [0.25, 0.3) is 0 Å². The molecule has 134 valence electrons. The van der Waals surface area contributed by atoms with E-state index in [0.717, 1.165) is 48.3 Å². The summed E-state index contributed by atoms with van der Waals surface area (Å²) in [4.78, 5) is 14.7. The standard InChI is InChI=1S/C23H26N2O/c1-3-17-9-10-20(18(4-2)15-17)16-23(26)25-13-11-19(12-14-25)21-7-5-6-8-22(21)24/h3-10,15,19H,1-2,11-14,16,24H2. The summed E-state index contributed by atoms with van der Waals surface area (Å²) in [6, 6.07) is 14.1. The van der Waals surface area contributed by atoms with Crippen molar-refractivity contribution in [3.05, 3.63) is 77.9 Å². The number of benzene rings is 2. The van der Waals surface area contributed by atoms with Gasteiger partial charge in [-0.25, -0.2) is 0 Å². The Bertz CT molecular complexity index is 817. The number of nitrogens with zero attached hydrogens (tertiary/aromatic N) is 1. The molecule has 26 heavy (non-hydrogen) atoms. The number of amides is 1. The van der Waals surface area contributed by atoms with Gasteiger partial charge in [-0.2, -0.15) is 0 Å². The van der Waals surface area contributed by atoms with Crippen LogP contribution in [0.2, 0.25) is 0 Å². The van der Waals surface area contributed by atoms with E-state index in [0.29, 0.717) is 12.3 Å². The van der Waals surface area contributed by atoms with Crippen LogP contribution in [0.15, 0.2) is 55.6 Å². The van der Waals surface area contributed by atoms with Gasteiger partial charge in [0.1, 0.15) is 0 Å². The van der Waals surface area contributed by atoms with Gasteiger partial charge in [-0.3, -0.25) is 4.79 Å². The highest BCUT2D eigenvalue weighted by Gasteiger charge is 2.25. The second kappa shape index (κ2) is 8.05. The fraction of sp³-hybridized carbons (Fsp3) is 0.261. The zero-order valence-corrected chi connectivity index (χ0v) is 15.2. The number of rotatable bonds is 5. The Kier molecular flexibility index (Phi) is 5.57. The maximum atomic E-state index is 12.7. The Morgan fingerprint density at radius 1 is 1.12 bits per heavy atom. The van der Waals surface area contributed by atoms with E-state index < -0.39 is 0 Å². The Morgan fingerprint density at radius 2 is 1.85 bits per heavy atom. The minimum absolute atomic E-state index is 0.180. The SMILES string of the molecule is C=Cc1ccc(CC(=O)N2CCC(c3ccccc3N)CC2)c(C=C)c1. The first kappa shape index (κ1) is 18.0. The van der Waals surface area contributed by atoms with Crippen molar-refractivity contribution in [2.75, 3.05) is 18.8 Å². The van der Waals surface area contributed by atoms with E-state index >= 15 is 0 Å². The molecule has 0 aliphatic carbocycles. The fourth-order valence-corrected chi connectivity index (χ4v) is 3.69. The van der Waals surface area contributed by atoms with Crippen LogP contribution in [0, 0.1) is 0 Å². The summed E-state index contributed by atoms with van der Waals surface area (Å²) in [6.07, 6.45) is 5.95. The molecule has 3 rings (SSSR count). The van der Waals surface area contributed by atoms with E-state index in [-0.39, 0.29) is 5.91 Å².